The van der Waals surface area contributed by atoms with Crippen LogP contribution in [0.4, 0.5) is 17.1 Å². The molecule has 1 aliphatic rings. The predicted octanol–water partition coefficient (Wildman–Crippen LogP) is 15.2. The van der Waals surface area contributed by atoms with Gasteiger partial charge in [0.15, 0.2) is 0 Å². The van der Waals surface area contributed by atoms with Gasteiger partial charge in [0.1, 0.15) is 0 Å². The Hall–Kier alpha value is -7.00. The van der Waals surface area contributed by atoms with Crippen LogP contribution in [0, 0.1) is 0 Å². The number of thiophene rings is 1. The lowest BCUT2D eigenvalue weighted by atomic mass is 9.67. The Labute approximate surface area is 337 Å². The largest absolute Gasteiger partial charge is 0.310 e. The van der Waals surface area contributed by atoms with E-state index in [0.29, 0.717) is 0 Å². The van der Waals surface area contributed by atoms with Crippen molar-refractivity contribution in [2.75, 3.05) is 4.90 Å². The molecular weight excluding hydrogens is 707 g/mol. The van der Waals surface area contributed by atoms with Gasteiger partial charge in [-0.2, -0.15) is 0 Å². The lowest BCUT2D eigenvalue weighted by Gasteiger charge is -2.35. The van der Waals surface area contributed by atoms with E-state index in [4.69, 9.17) is 0 Å². The molecule has 0 fully saturated rings. The lowest BCUT2D eigenvalue weighted by Crippen LogP contribution is -2.28. The molecule has 0 saturated carbocycles. The van der Waals surface area contributed by atoms with Gasteiger partial charge >= 0.3 is 0 Å². The van der Waals surface area contributed by atoms with Crippen LogP contribution in [0.2, 0.25) is 0 Å². The molecule has 0 saturated heterocycles. The molecule has 1 aliphatic carbocycles. The van der Waals surface area contributed by atoms with Crippen molar-refractivity contribution >= 4 is 48.6 Å². The topological polar surface area (TPSA) is 3.24 Å². The minimum Gasteiger partial charge on any atom is -0.310 e. The van der Waals surface area contributed by atoms with Crippen molar-refractivity contribution in [3.05, 3.63) is 247 Å². The summed E-state index contributed by atoms with van der Waals surface area (Å²) in [5.41, 5.74) is 15.4. The first-order valence-corrected chi connectivity index (χ1v) is 20.4. The van der Waals surface area contributed by atoms with E-state index >= 15 is 0 Å². The summed E-state index contributed by atoms with van der Waals surface area (Å²) in [6.45, 7) is 0. The third-order valence-electron chi connectivity index (χ3n) is 11.8. The van der Waals surface area contributed by atoms with Crippen molar-refractivity contribution in [3.63, 3.8) is 0 Å². The summed E-state index contributed by atoms with van der Waals surface area (Å²) in [6.07, 6.45) is 0. The van der Waals surface area contributed by atoms with Gasteiger partial charge < -0.3 is 4.90 Å². The molecule has 11 rings (SSSR count). The van der Waals surface area contributed by atoms with Crippen molar-refractivity contribution in [1.82, 2.24) is 0 Å². The highest BCUT2D eigenvalue weighted by Gasteiger charge is 2.46. The smallest absolute Gasteiger partial charge is 0.0714 e. The third-order valence-corrected chi connectivity index (χ3v) is 12.9. The predicted molar refractivity (Wildman–Crippen MR) is 242 cm³/mol. The van der Waals surface area contributed by atoms with Crippen LogP contribution in [-0.2, 0) is 5.41 Å². The van der Waals surface area contributed by atoms with Crippen LogP contribution < -0.4 is 4.90 Å². The van der Waals surface area contributed by atoms with E-state index in [-0.39, 0.29) is 0 Å². The molecule has 2 heteroatoms. The van der Waals surface area contributed by atoms with Crippen molar-refractivity contribution in [3.8, 4) is 33.4 Å². The minimum atomic E-state index is -0.484. The summed E-state index contributed by atoms with van der Waals surface area (Å²) >= 11 is 1.87. The van der Waals surface area contributed by atoms with E-state index in [1.807, 2.05) is 11.3 Å². The number of hydrogen-bond acceptors (Lipinski definition) is 2. The zero-order valence-electron chi connectivity index (χ0n) is 31.2. The van der Waals surface area contributed by atoms with Gasteiger partial charge in [0, 0.05) is 37.2 Å². The molecule has 0 spiro atoms. The van der Waals surface area contributed by atoms with Gasteiger partial charge in [0.2, 0.25) is 0 Å². The van der Waals surface area contributed by atoms with Gasteiger partial charge in [-0.05, 0) is 104 Å². The second-order valence-electron chi connectivity index (χ2n) is 14.9. The highest BCUT2D eigenvalue weighted by Crippen LogP contribution is 2.57. The first-order valence-electron chi connectivity index (χ1n) is 19.6. The number of nitrogens with zero attached hydrogens (tertiary/aromatic N) is 1. The highest BCUT2D eigenvalue weighted by atomic mass is 32.1. The Bertz CT molecular complexity index is 3000. The Kier molecular flexibility index (Phi) is 7.98. The van der Waals surface area contributed by atoms with Crippen molar-refractivity contribution in [2.45, 2.75) is 5.41 Å². The Balaban J connectivity index is 1.08. The molecular formula is C55H37NS. The van der Waals surface area contributed by atoms with Crippen LogP contribution in [0.1, 0.15) is 22.3 Å². The monoisotopic (exact) mass is 743 g/mol. The van der Waals surface area contributed by atoms with E-state index in [1.165, 1.54) is 75.8 Å². The van der Waals surface area contributed by atoms with Crippen LogP contribution in [0.5, 0.6) is 0 Å². The van der Waals surface area contributed by atoms with Crippen LogP contribution in [0.15, 0.2) is 224 Å². The average molecular weight is 744 g/mol. The molecule has 0 N–H and O–H groups in total. The van der Waals surface area contributed by atoms with Crippen molar-refractivity contribution < 1.29 is 0 Å². The summed E-state index contributed by atoms with van der Waals surface area (Å²) in [6, 6.07) is 82.5. The fraction of sp³-hybridized carbons (Fsp3) is 0.0182. The molecule has 10 aromatic rings. The fourth-order valence-corrected chi connectivity index (χ4v) is 10.3. The van der Waals surface area contributed by atoms with Crippen LogP contribution in [-0.4, -0.2) is 0 Å². The normalized spacial score (nSPS) is 12.7. The summed E-state index contributed by atoms with van der Waals surface area (Å²) in [5, 5.41) is 2.65. The maximum Gasteiger partial charge on any atom is 0.0714 e. The second kappa shape index (κ2) is 13.6. The summed E-state index contributed by atoms with van der Waals surface area (Å²) < 4.78 is 2.65. The summed E-state index contributed by atoms with van der Waals surface area (Å²) in [4.78, 5) is 2.41. The average Bonchev–Trinajstić information content (AvgIpc) is 3.81. The van der Waals surface area contributed by atoms with Gasteiger partial charge in [-0.15, -0.1) is 11.3 Å². The molecule has 0 radical (unpaired) electrons. The molecule has 268 valence electrons. The molecule has 0 bridgehead atoms. The number of benzene rings is 9. The molecule has 57 heavy (non-hydrogen) atoms. The van der Waals surface area contributed by atoms with Gasteiger partial charge in [0.05, 0.1) is 5.41 Å². The van der Waals surface area contributed by atoms with E-state index in [2.05, 4.69) is 229 Å². The Morgan fingerprint density at radius 1 is 0.316 bits per heavy atom. The number of fused-ring (bicyclic) bond motifs is 6. The first kappa shape index (κ1) is 33.3. The summed E-state index contributed by atoms with van der Waals surface area (Å²) in [5.74, 6) is 0. The molecule has 0 atom stereocenters. The molecule has 0 aliphatic heterocycles. The number of hydrogen-bond donors (Lipinski definition) is 0. The zero-order chi connectivity index (χ0) is 37.8. The van der Waals surface area contributed by atoms with Crippen molar-refractivity contribution in [1.29, 1.82) is 0 Å². The van der Waals surface area contributed by atoms with Gasteiger partial charge in [-0.1, -0.05) is 176 Å². The molecule has 1 aromatic heterocycles. The van der Waals surface area contributed by atoms with E-state index in [9.17, 15) is 0 Å². The van der Waals surface area contributed by atoms with Crippen LogP contribution in [0.25, 0.3) is 53.6 Å². The van der Waals surface area contributed by atoms with Crippen LogP contribution in [0.3, 0.4) is 0 Å². The van der Waals surface area contributed by atoms with Gasteiger partial charge in [-0.25, -0.2) is 0 Å². The Morgan fingerprint density at radius 2 is 0.807 bits per heavy atom. The first-order chi connectivity index (χ1) is 28.3. The number of rotatable bonds is 7. The van der Waals surface area contributed by atoms with Gasteiger partial charge in [0.25, 0.3) is 0 Å². The highest BCUT2D eigenvalue weighted by molar-refractivity contribution is 7.25. The zero-order valence-corrected chi connectivity index (χ0v) is 32.0. The Morgan fingerprint density at radius 3 is 1.49 bits per heavy atom. The standard InChI is InChI=1S/C55H37NS/c1-4-14-38(15-5-1)39-24-29-44(30-25-39)56(45-31-26-40(27-32-45)41-28-34-50-49-21-11-13-23-53(49)57-54(50)36-41)46-33-35-48-47-20-10-12-22-51(47)55(52(48)37-46,42-16-6-2-7-17-42)43-18-8-3-9-19-43/h1-37H. The van der Waals surface area contributed by atoms with Crippen LogP contribution >= 0.6 is 11.3 Å². The molecule has 0 amide bonds. The maximum atomic E-state index is 2.45. The third kappa shape index (κ3) is 5.44. The molecule has 0 unspecified atom stereocenters. The van der Waals surface area contributed by atoms with Gasteiger partial charge in [-0.3, -0.25) is 0 Å². The fourth-order valence-electron chi connectivity index (χ4n) is 9.16. The SMILES string of the molecule is c1ccc(-c2ccc(N(c3ccc(-c4ccc5c(c4)sc4ccccc45)cc3)c3ccc4c(c3)C(c3ccccc3)(c3ccccc3)c3ccccc3-4)cc2)cc1. The van der Waals surface area contributed by atoms with E-state index < -0.39 is 5.41 Å². The van der Waals surface area contributed by atoms with E-state index in [1.54, 1.807) is 0 Å². The lowest BCUT2D eigenvalue weighted by molar-refractivity contribution is 0.768. The van der Waals surface area contributed by atoms with E-state index in [0.717, 1.165) is 17.1 Å². The second-order valence-corrected chi connectivity index (χ2v) is 15.9. The summed E-state index contributed by atoms with van der Waals surface area (Å²) in [7, 11) is 0. The quantitative estimate of drug-likeness (QED) is 0.157. The minimum absolute atomic E-state index is 0.484. The molecule has 1 nitrogen and oxygen atoms in total. The maximum absolute atomic E-state index is 2.45. The molecule has 1 heterocycles. The number of anilines is 3. The molecule has 9 aromatic carbocycles. The van der Waals surface area contributed by atoms with Crippen molar-refractivity contribution in [2.24, 2.45) is 0 Å².